The quantitative estimate of drug-likeness (QED) is 0.633. The van der Waals surface area contributed by atoms with Gasteiger partial charge in [-0.05, 0) is 29.8 Å². The lowest BCUT2D eigenvalue weighted by Crippen LogP contribution is -2.38. The number of aromatic nitrogens is 2. The van der Waals surface area contributed by atoms with Crippen LogP contribution >= 0.6 is 0 Å². The van der Waals surface area contributed by atoms with Gasteiger partial charge in [-0.3, -0.25) is 14.6 Å². The average molecular weight is 387 g/mol. The number of amides is 1. The van der Waals surface area contributed by atoms with Crippen molar-refractivity contribution in [2.45, 2.75) is 5.92 Å². The van der Waals surface area contributed by atoms with E-state index in [9.17, 15) is 14.9 Å². The van der Waals surface area contributed by atoms with Crippen LogP contribution < -0.4 is 20.9 Å². The maximum Gasteiger partial charge on any atom is 0.258 e. The van der Waals surface area contributed by atoms with Gasteiger partial charge in [0.15, 0.2) is 0 Å². The molecule has 2 aromatic carbocycles. The molecule has 3 aromatic rings. The van der Waals surface area contributed by atoms with Crippen molar-refractivity contribution in [3.8, 4) is 11.8 Å². The van der Waals surface area contributed by atoms with E-state index in [4.69, 9.17) is 4.74 Å². The number of hydrogen-bond acceptors (Lipinski definition) is 6. The second kappa shape index (κ2) is 7.48. The Labute approximate surface area is 166 Å². The van der Waals surface area contributed by atoms with Gasteiger partial charge in [-0.2, -0.15) is 10.2 Å². The smallest absolute Gasteiger partial charge is 0.258 e. The van der Waals surface area contributed by atoms with Gasteiger partial charge in [-0.15, -0.1) is 0 Å². The number of nitrogens with one attached hydrogen (secondary N) is 3. The van der Waals surface area contributed by atoms with Crippen molar-refractivity contribution >= 4 is 23.4 Å². The molecule has 144 valence electrons. The Bertz CT molecular complexity index is 1150. The second-order valence-electron chi connectivity index (χ2n) is 6.51. The van der Waals surface area contributed by atoms with Crippen molar-refractivity contribution in [2.24, 2.45) is 5.92 Å². The van der Waals surface area contributed by atoms with E-state index in [0.29, 0.717) is 11.3 Å². The topological polar surface area (TPSA) is 120 Å². The van der Waals surface area contributed by atoms with E-state index in [1.807, 2.05) is 36.4 Å². The first-order chi connectivity index (χ1) is 14.1. The van der Waals surface area contributed by atoms with E-state index in [2.05, 4.69) is 20.6 Å². The molecular formula is C21H17N5O3. The highest BCUT2D eigenvalue weighted by atomic mass is 16.5. The van der Waals surface area contributed by atoms with Crippen LogP contribution in [0, 0.1) is 17.2 Å². The van der Waals surface area contributed by atoms with E-state index in [1.54, 1.807) is 31.4 Å². The molecule has 0 saturated carbocycles. The van der Waals surface area contributed by atoms with E-state index in [1.165, 1.54) is 0 Å². The molecule has 0 unspecified atom stereocenters. The zero-order chi connectivity index (χ0) is 20.4. The van der Waals surface area contributed by atoms with E-state index < -0.39 is 23.3 Å². The number of aromatic amines is 1. The van der Waals surface area contributed by atoms with E-state index >= 15 is 0 Å². The maximum atomic E-state index is 12.9. The molecule has 0 spiro atoms. The number of benzene rings is 2. The molecule has 1 aliphatic heterocycles. The maximum absolute atomic E-state index is 12.9. The summed E-state index contributed by atoms with van der Waals surface area (Å²) in [6.07, 6.45) is 0. The van der Waals surface area contributed by atoms with Crippen LogP contribution in [0.15, 0.2) is 59.4 Å². The molecule has 1 aliphatic rings. The summed E-state index contributed by atoms with van der Waals surface area (Å²) in [7, 11) is 1.55. The van der Waals surface area contributed by atoms with Crippen molar-refractivity contribution in [2.75, 3.05) is 17.7 Å². The number of nitrogens with zero attached hydrogens (tertiary/aromatic N) is 2. The van der Waals surface area contributed by atoms with Gasteiger partial charge in [0.25, 0.3) is 5.56 Å². The number of carbonyl (C=O) groups is 1. The van der Waals surface area contributed by atoms with Crippen LogP contribution in [0.4, 0.5) is 17.5 Å². The SMILES string of the molecule is COc1ccc([C@@H]2c3c(nc(Nc4ccccc4)[nH]c3=O)NC(=O)[C@@H]2C#N)cc1. The molecule has 2 atom stereocenters. The lowest BCUT2D eigenvalue weighted by molar-refractivity contribution is -0.119. The summed E-state index contributed by atoms with van der Waals surface area (Å²) < 4.78 is 5.16. The summed E-state index contributed by atoms with van der Waals surface area (Å²) >= 11 is 0. The van der Waals surface area contributed by atoms with Crippen LogP contribution in [0.1, 0.15) is 17.0 Å². The Morgan fingerprint density at radius 2 is 1.83 bits per heavy atom. The van der Waals surface area contributed by atoms with Crippen LogP contribution in [-0.4, -0.2) is 23.0 Å². The summed E-state index contributed by atoms with van der Waals surface area (Å²) in [6.45, 7) is 0. The van der Waals surface area contributed by atoms with Crippen molar-refractivity contribution in [1.29, 1.82) is 5.26 Å². The van der Waals surface area contributed by atoms with Crippen LogP contribution in [0.5, 0.6) is 5.75 Å². The zero-order valence-electron chi connectivity index (χ0n) is 15.5. The highest BCUT2D eigenvalue weighted by Gasteiger charge is 2.40. The molecule has 1 amide bonds. The molecule has 8 nitrogen and oxygen atoms in total. The minimum atomic E-state index is -1.05. The van der Waals surface area contributed by atoms with Gasteiger partial charge in [0, 0.05) is 11.6 Å². The molecular weight excluding hydrogens is 370 g/mol. The Hall–Kier alpha value is -4.12. The first kappa shape index (κ1) is 18.3. The number of nitriles is 1. The van der Waals surface area contributed by atoms with Gasteiger partial charge >= 0.3 is 0 Å². The lowest BCUT2D eigenvalue weighted by atomic mass is 9.79. The Kier molecular flexibility index (Phi) is 4.71. The van der Waals surface area contributed by atoms with Crippen LogP contribution in [0.2, 0.25) is 0 Å². The van der Waals surface area contributed by atoms with Crippen LogP contribution in [0.3, 0.4) is 0 Å². The number of carbonyl (C=O) groups excluding carboxylic acids is 1. The normalized spacial score (nSPS) is 17.6. The van der Waals surface area contributed by atoms with Crippen LogP contribution in [-0.2, 0) is 4.79 Å². The molecule has 8 heteroatoms. The first-order valence-electron chi connectivity index (χ1n) is 8.91. The van der Waals surface area contributed by atoms with E-state index in [0.717, 1.165) is 5.69 Å². The predicted molar refractivity (Wildman–Crippen MR) is 107 cm³/mol. The third-order valence-corrected chi connectivity index (χ3v) is 4.77. The minimum Gasteiger partial charge on any atom is -0.497 e. The molecule has 4 rings (SSSR count). The molecule has 0 fully saturated rings. The predicted octanol–water partition coefficient (Wildman–Crippen LogP) is 2.75. The second-order valence-corrected chi connectivity index (χ2v) is 6.51. The lowest BCUT2D eigenvalue weighted by Gasteiger charge is -2.28. The molecule has 1 aromatic heterocycles. The van der Waals surface area contributed by atoms with Crippen molar-refractivity contribution in [3.63, 3.8) is 0 Å². The van der Waals surface area contributed by atoms with Gasteiger partial charge in [-0.1, -0.05) is 30.3 Å². The summed E-state index contributed by atoms with van der Waals surface area (Å²) in [6, 6.07) is 18.2. The van der Waals surface area contributed by atoms with Gasteiger partial charge < -0.3 is 15.4 Å². The fourth-order valence-electron chi connectivity index (χ4n) is 3.40. The van der Waals surface area contributed by atoms with Gasteiger partial charge in [0.1, 0.15) is 17.5 Å². The van der Waals surface area contributed by atoms with Crippen molar-refractivity contribution in [1.82, 2.24) is 9.97 Å². The van der Waals surface area contributed by atoms with Crippen molar-refractivity contribution in [3.05, 3.63) is 76.1 Å². The van der Waals surface area contributed by atoms with Gasteiger partial charge in [0.2, 0.25) is 11.9 Å². The summed E-state index contributed by atoms with van der Waals surface area (Å²) in [5.41, 5.74) is 1.22. The van der Waals surface area contributed by atoms with Gasteiger partial charge in [-0.25, -0.2) is 0 Å². The number of fused-ring (bicyclic) bond motifs is 1. The highest BCUT2D eigenvalue weighted by molar-refractivity contribution is 5.98. The number of ether oxygens (including phenoxy) is 1. The Balaban J connectivity index is 1.80. The minimum absolute atomic E-state index is 0.143. The largest absolute Gasteiger partial charge is 0.497 e. The first-order valence-corrected chi connectivity index (χ1v) is 8.91. The number of H-pyrrole nitrogens is 1. The average Bonchev–Trinajstić information content (AvgIpc) is 2.73. The van der Waals surface area contributed by atoms with Crippen molar-refractivity contribution < 1.29 is 9.53 Å². The third-order valence-electron chi connectivity index (χ3n) is 4.77. The molecule has 0 bridgehead atoms. The fourth-order valence-corrected chi connectivity index (χ4v) is 3.40. The van der Waals surface area contributed by atoms with Crippen LogP contribution in [0.25, 0.3) is 0 Å². The number of hydrogen-bond donors (Lipinski definition) is 3. The van der Waals surface area contributed by atoms with Gasteiger partial charge in [0.05, 0.1) is 18.7 Å². The number of methoxy groups -OCH3 is 1. The number of anilines is 3. The molecule has 0 radical (unpaired) electrons. The molecule has 3 N–H and O–H groups in total. The fraction of sp³-hybridized carbons (Fsp3) is 0.143. The Morgan fingerprint density at radius 3 is 2.48 bits per heavy atom. The summed E-state index contributed by atoms with van der Waals surface area (Å²) in [5, 5.41) is 15.2. The monoisotopic (exact) mass is 387 g/mol. The van der Waals surface area contributed by atoms with E-state index in [-0.39, 0.29) is 17.3 Å². The number of rotatable bonds is 4. The molecule has 0 aliphatic carbocycles. The zero-order valence-corrected chi connectivity index (χ0v) is 15.5. The Morgan fingerprint density at radius 1 is 1.10 bits per heavy atom. The molecule has 29 heavy (non-hydrogen) atoms. The third kappa shape index (κ3) is 3.41. The highest BCUT2D eigenvalue weighted by Crippen LogP contribution is 2.38. The standard InChI is InChI=1S/C21H17N5O3/c1-29-14-9-7-12(8-10-14)16-15(11-22)19(27)24-18-17(16)20(28)26-21(25-18)23-13-5-3-2-4-6-13/h2-10,15-16H,1H3,(H3,23,24,25,26,27,28)/t15-,16+/m1/s1. The molecule has 2 heterocycles. The summed E-state index contributed by atoms with van der Waals surface area (Å²) in [4.78, 5) is 32.5. The number of para-hydroxylation sites is 1. The molecule has 0 saturated heterocycles. The summed E-state index contributed by atoms with van der Waals surface area (Å²) in [5.74, 6) is -1.31.